The number of rotatable bonds is 3. The first-order chi connectivity index (χ1) is 7.17. The van der Waals surface area contributed by atoms with Crippen molar-refractivity contribution >= 4 is 15.8 Å². The molecule has 0 bridgehead atoms. The van der Waals surface area contributed by atoms with Crippen molar-refractivity contribution in [3.05, 3.63) is 6.20 Å². The van der Waals surface area contributed by atoms with Gasteiger partial charge in [-0.25, -0.2) is 17.8 Å². The quantitative estimate of drug-likeness (QED) is 0.815. The van der Waals surface area contributed by atoms with Gasteiger partial charge in [0.25, 0.3) is 0 Å². The van der Waals surface area contributed by atoms with Gasteiger partial charge in [0.2, 0.25) is 10.0 Å². The first kappa shape index (κ1) is 13.0. The highest BCUT2D eigenvalue weighted by Crippen LogP contribution is 2.19. The average Bonchev–Trinajstić information content (AvgIpc) is 2.42. The molecule has 0 aliphatic heterocycles. The summed E-state index contributed by atoms with van der Waals surface area (Å²) >= 11 is 0. The fraction of sp³-hybridized carbons (Fsp3) is 0.667. The van der Waals surface area contributed by atoms with Crippen LogP contribution in [0.3, 0.4) is 0 Å². The van der Waals surface area contributed by atoms with E-state index < -0.39 is 15.6 Å². The Balaban J connectivity index is 3.13. The van der Waals surface area contributed by atoms with Crippen LogP contribution in [-0.2, 0) is 16.6 Å². The summed E-state index contributed by atoms with van der Waals surface area (Å²) in [6, 6.07) is 0. The smallest absolute Gasteiger partial charge is 0.246 e. The number of nitrogens with one attached hydrogen (secondary N) is 1. The molecule has 1 aromatic rings. The SMILES string of the molecule is CCn1ncc(S(=O)(=O)NC(C)(C)C)c1N. The zero-order chi connectivity index (χ0) is 12.6. The number of aryl methyl sites for hydroxylation is 1. The Hall–Kier alpha value is -1.08. The topological polar surface area (TPSA) is 90.0 Å². The van der Waals surface area contributed by atoms with Crippen LogP contribution in [0, 0.1) is 0 Å². The maximum absolute atomic E-state index is 12.0. The molecule has 0 saturated heterocycles. The Kier molecular flexibility index (Phi) is 3.30. The Morgan fingerprint density at radius 3 is 2.44 bits per heavy atom. The van der Waals surface area contributed by atoms with E-state index in [1.165, 1.54) is 10.9 Å². The lowest BCUT2D eigenvalue weighted by molar-refractivity contribution is 0.491. The van der Waals surface area contributed by atoms with E-state index in [9.17, 15) is 8.42 Å². The zero-order valence-corrected chi connectivity index (χ0v) is 10.8. The van der Waals surface area contributed by atoms with Gasteiger partial charge >= 0.3 is 0 Å². The fourth-order valence-electron chi connectivity index (χ4n) is 1.29. The number of anilines is 1. The minimum Gasteiger partial charge on any atom is -0.383 e. The van der Waals surface area contributed by atoms with Crippen LogP contribution < -0.4 is 10.5 Å². The summed E-state index contributed by atoms with van der Waals surface area (Å²) in [7, 11) is -3.60. The molecule has 0 aromatic carbocycles. The van der Waals surface area contributed by atoms with E-state index in [1.807, 2.05) is 6.92 Å². The minimum absolute atomic E-state index is 0.0317. The van der Waals surface area contributed by atoms with Crippen molar-refractivity contribution < 1.29 is 8.42 Å². The molecule has 16 heavy (non-hydrogen) atoms. The molecular weight excluding hydrogens is 228 g/mol. The summed E-state index contributed by atoms with van der Waals surface area (Å²) in [6.07, 6.45) is 1.27. The molecule has 3 N–H and O–H groups in total. The average molecular weight is 246 g/mol. The van der Waals surface area contributed by atoms with Crippen molar-refractivity contribution in [1.29, 1.82) is 0 Å². The summed E-state index contributed by atoms with van der Waals surface area (Å²) < 4.78 is 27.9. The molecule has 1 rings (SSSR count). The third-order valence-corrected chi connectivity index (χ3v) is 3.65. The number of nitrogen functional groups attached to an aromatic ring is 1. The molecular formula is C9H18N4O2S. The van der Waals surface area contributed by atoms with Gasteiger partial charge in [-0.15, -0.1) is 0 Å². The second kappa shape index (κ2) is 4.06. The predicted octanol–water partition coefficient (Wildman–Crippen LogP) is 0.562. The third-order valence-electron chi connectivity index (χ3n) is 1.87. The van der Waals surface area contributed by atoms with Gasteiger partial charge in [0.1, 0.15) is 10.7 Å². The van der Waals surface area contributed by atoms with E-state index in [0.29, 0.717) is 6.54 Å². The van der Waals surface area contributed by atoms with E-state index in [2.05, 4.69) is 9.82 Å². The van der Waals surface area contributed by atoms with Crippen molar-refractivity contribution in [3.8, 4) is 0 Å². The normalized spacial score (nSPS) is 13.0. The monoisotopic (exact) mass is 246 g/mol. The standard InChI is InChI=1S/C9H18N4O2S/c1-5-13-8(10)7(6-11-13)16(14,15)12-9(2,3)4/h6,12H,5,10H2,1-4H3. The highest BCUT2D eigenvalue weighted by Gasteiger charge is 2.26. The Morgan fingerprint density at radius 1 is 1.50 bits per heavy atom. The second-order valence-electron chi connectivity index (χ2n) is 4.57. The fourth-order valence-corrected chi connectivity index (χ4v) is 2.78. The summed E-state index contributed by atoms with van der Waals surface area (Å²) in [5.74, 6) is 0.166. The molecule has 0 radical (unpaired) electrons. The molecule has 0 aliphatic rings. The summed E-state index contributed by atoms with van der Waals surface area (Å²) in [6.45, 7) is 7.69. The second-order valence-corrected chi connectivity index (χ2v) is 6.22. The van der Waals surface area contributed by atoms with Gasteiger partial charge in [0, 0.05) is 12.1 Å². The number of aromatic nitrogens is 2. The summed E-state index contributed by atoms with van der Waals surface area (Å²) in [5.41, 5.74) is 5.16. The van der Waals surface area contributed by atoms with Crippen LogP contribution in [0.4, 0.5) is 5.82 Å². The van der Waals surface area contributed by atoms with Gasteiger partial charge in [0.05, 0.1) is 6.20 Å². The lowest BCUT2D eigenvalue weighted by Gasteiger charge is -2.19. The maximum Gasteiger partial charge on any atom is 0.246 e. The molecule has 0 saturated carbocycles. The molecule has 7 heteroatoms. The molecule has 6 nitrogen and oxygen atoms in total. The Labute approximate surface area is 95.9 Å². The molecule has 0 fully saturated rings. The zero-order valence-electron chi connectivity index (χ0n) is 9.98. The van der Waals surface area contributed by atoms with E-state index in [4.69, 9.17) is 5.73 Å². The highest BCUT2D eigenvalue weighted by atomic mass is 32.2. The lowest BCUT2D eigenvalue weighted by atomic mass is 10.1. The Bertz CT molecular complexity index is 470. The van der Waals surface area contributed by atoms with Crippen molar-refractivity contribution in [3.63, 3.8) is 0 Å². The Morgan fingerprint density at radius 2 is 2.06 bits per heavy atom. The van der Waals surface area contributed by atoms with E-state index in [1.54, 1.807) is 20.8 Å². The predicted molar refractivity (Wildman–Crippen MR) is 62.4 cm³/mol. The minimum atomic E-state index is -3.60. The van der Waals surface area contributed by atoms with E-state index in [0.717, 1.165) is 0 Å². The number of sulfonamides is 1. The van der Waals surface area contributed by atoms with E-state index >= 15 is 0 Å². The molecule has 0 spiro atoms. The first-order valence-electron chi connectivity index (χ1n) is 5.02. The van der Waals surface area contributed by atoms with Crippen LogP contribution in [0.15, 0.2) is 11.1 Å². The van der Waals surface area contributed by atoms with Gasteiger partial charge in [0.15, 0.2) is 0 Å². The highest BCUT2D eigenvalue weighted by molar-refractivity contribution is 7.89. The summed E-state index contributed by atoms with van der Waals surface area (Å²) in [5, 5.41) is 3.90. The van der Waals surface area contributed by atoms with Crippen LogP contribution in [0.5, 0.6) is 0 Å². The molecule has 0 unspecified atom stereocenters. The number of nitrogens with zero attached hydrogens (tertiary/aromatic N) is 2. The largest absolute Gasteiger partial charge is 0.383 e. The van der Waals surface area contributed by atoms with Gasteiger partial charge in [-0.05, 0) is 27.7 Å². The van der Waals surface area contributed by atoms with Crippen molar-refractivity contribution in [1.82, 2.24) is 14.5 Å². The van der Waals surface area contributed by atoms with Gasteiger partial charge < -0.3 is 5.73 Å². The molecule has 1 heterocycles. The van der Waals surface area contributed by atoms with Crippen molar-refractivity contribution in [2.24, 2.45) is 0 Å². The molecule has 0 atom stereocenters. The van der Waals surface area contributed by atoms with Crippen LogP contribution in [0.1, 0.15) is 27.7 Å². The number of nitrogens with two attached hydrogens (primary N) is 1. The van der Waals surface area contributed by atoms with Crippen LogP contribution >= 0.6 is 0 Å². The van der Waals surface area contributed by atoms with Crippen molar-refractivity contribution in [2.75, 3.05) is 5.73 Å². The van der Waals surface area contributed by atoms with Gasteiger partial charge in [-0.2, -0.15) is 5.10 Å². The molecule has 0 amide bonds. The summed E-state index contributed by atoms with van der Waals surface area (Å²) in [4.78, 5) is 0.0317. The van der Waals surface area contributed by atoms with Gasteiger partial charge in [-0.3, -0.25) is 0 Å². The molecule has 92 valence electrons. The molecule has 1 aromatic heterocycles. The van der Waals surface area contributed by atoms with Crippen LogP contribution in [-0.4, -0.2) is 23.7 Å². The van der Waals surface area contributed by atoms with Crippen molar-refractivity contribution in [2.45, 2.75) is 44.7 Å². The van der Waals surface area contributed by atoms with Crippen LogP contribution in [0.2, 0.25) is 0 Å². The maximum atomic E-state index is 12.0. The van der Waals surface area contributed by atoms with Gasteiger partial charge in [-0.1, -0.05) is 0 Å². The van der Waals surface area contributed by atoms with E-state index in [-0.39, 0.29) is 10.7 Å². The molecule has 0 aliphatic carbocycles. The number of hydrogen-bond acceptors (Lipinski definition) is 4. The number of hydrogen-bond donors (Lipinski definition) is 2. The van der Waals surface area contributed by atoms with Crippen LogP contribution in [0.25, 0.3) is 0 Å². The lowest BCUT2D eigenvalue weighted by Crippen LogP contribution is -2.40. The first-order valence-corrected chi connectivity index (χ1v) is 6.51. The third kappa shape index (κ3) is 2.73.